The van der Waals surface area contributed by atoms with Crippen molar-refractivity contribution in [3.8, 4) is 0 Å². The van der Waals surface area contributed by atoms with Gasteiger partial charge in [-0.15, -0.1) is 0 Å². The molecule has 0 atom stereocenters. The minimum atomic E-state index is -0.955. The van der Waals surface area contributed by atoms with Crippen LogP contribution in [-0.4, -0.2) is 9.97 Å². The Morgan fingerprint density at radius 3 is 2.43 bits per heavy atom. The van der Waals surface area contributed by atoms with Crippen LogP contribution >= 0.6 is 0 Å². The van der Waals surface area contributed by atoms with Gasteiger partial charge in [-0.2, -0.15) is 0 Å². The van der Waals surface area contributed by atoms with Crippen LogP contribution in [-0.2, 0) is 0 Å². The van der Waals surface area contributed by atoms with Crippen molar-refractivity contribution in [1.82, 2.24) is 9.97 Å². The van der Waals surface area contributed by atoms with Gasteiger partial charge in [-0.1, -0.05) is 19.9 Å². The summed E-state index contributed by atoms with van der Waals surface area (Å²) in [5.74, 6) is 4.99. The fourth-order valence-corrected chi connectivity index (χ4v) is 1.78. The van der Waals surface area contributed by atoms with Gasteiger partial charge in [0.1, 0.15) is 17.5 Å². The smallest absolute Gasteiger partial charge is 0.182 e. The molecule has 0 spiro atoms. The van der Waals surface area contributed by atoms with Crippen LogP contribution in [0, 0.1) is 18.6 Å². The summed E-state index contributed by atoms with van der Waals surface area (Å²) in [5.41, 5.74) is 3.11. The van der Waals surface area contributed by atoms with Gasteiger partial charge in [0.25, 0.3) is 0 Å². The Morgan fingerprint density at radius 2 is 1.81 bits per heavy atom. The fourth-order valence-electron chi connectivity index (χ4n) is 1.78. The summed E-state index contributed by atoms with van der Waals surface area (Å²) < 4.78 is 27.0. The van der Waals surface area contributed by atoms with E-state index < -0.39 is 11.6 Å². The molecule has 0 saturated carbocycles. The lowest BCUT2D eigenvalue weighted by Gasteiger charge is -2.15. The Hall–Kier alpha value is -2.28. The summed E-state index contributed by atoms with van der Waals surface area (Å²) in [5, 5.41) is 2.79. The lowest BCUT2D eigenvalue weighted by molar-refractivity contribution is 0.511. The van der Waals surface area contributed by atoms with Crippen molar-refractivity contribution in [1.29, 1.82) is 0 Å². The number of nitrogens with zero attached hydrogens (tertiary/aromatic N) is 2. The maximum atomic E-state index is 13.7. The van der Waals surface area contributed by atoms with Gasteiger partial charge in [-0.05, 0) is 19.1 Å². The van der Waals surface area contributed by atoms with Crippen LogP contribution in [0.15, 0.2) is 18.2 Å². The highest BCUT2D eigenvalue weighted by molar-refractivity contribution is 5.65. The predicted molar refractivity (Wildman–Crippen MR) is 78.3 cm³/mol. The number of benzene rings is 1. The first-order valence-electron chi connectivity index (χ1n) is 6.50. The average Bonchev–Trinajstić information content (AvgIpc) is 2.45. The van der Waals surface area contributed by atoms with Crippen molar-refractivity contribution in [3.05, 3.63) is 41.2 Å². The Bertz CT molecular complexity index is 658. The number of nitrogen functional groups attached to an aromatic ring is 1. The molecule has 2 rings (SSSR count). The van der Waals surface area contributed by atoms with E-state index in [1.165, 1.54) is 12.1 Å². The van der Waals surface area contributed by atoms with Gasteiger partial charge in [0.2, 0.25) is 0 Å². The van der Waals surface area contributed by atoms with E-state index in [4.69, 9.17) is 5.84 Å². The molecule has 4 N–H and O–H groups in total. The molecule has 0 aliphatic rings. The number of anilines is 3. The zero-order valence-corrected chi connectivity index (χ0v) is 12.0. The van der Waals surface area contributed by atoms with E-state index in [9.17, 15) is 8.78 Å². The Morgan fingerprint density at radius 1 is 1.14 bits per heavy atom. The van der Waals surface area contributed by atoms with Crippen molar-refractivity contribution in [2.75, 3.05) is 10.7 Å². The average molecular weight is 293 g/mol. The van der Waals surface area contributed by atoms with E-state index in [2.05, 4.69) is 20.7 Å². The molecule has 0 bridgehead atoms. The van der Waals surface area contributed by atoms with Crippen LogP contribution in [0.25, 0.3) is 0 Å². The largest absolute Gasteiger partial charge is 0.337 e. The molecule has 5 nitrogen and oxygen atoms in total. The molecule has 0 aliphatic heterocycles. The molecule has 0 amide bonds. The fraction of sp³-hybridized carbons (Fsp3) is 0.286. The van der Waals surface area contributed by atoms with E-state index in [1.54, 1.807) is 6.92 Å². The molecule has 112 valence electrons. The van der Waals surface area contributed by atoms with Gasteiger partial charge < -0.3 is 10.7 Å². The second kappa shape index (κ2) is 6.01. The standard InChI is InChI=1S/C14H17F2N5/c1-7(2)12-19-13(8(3)14(20-12)21-17)18-10-6-4-5-9(15)11(10)16/h4-7H,17H2,1-3H3,(H2,18,19,20,21). The van der Waals surface area contributed by atoms with Gasteiger partial charge >= 0.3 is 0 Å². The summed E-state index contributed by atoms with van der Waals surface area (Å²) in [7, 11) is 0. The van der Waals surface area contributed by atoms with Crippen molar-refractivity contribution < 1.29 is 8.78 Å². The molecule has 0 radical (unpaired) electrons. The third-order valence-electron chi connectivity index (χ3n) is 3.02. The lowest BCUT2D eigenvalue weighted by Crippen LogP contribution is -2.14. The number of hydrogen-bond acceptors (Lipinski definition) is 5. The van der Waals surface area contributed by atoms with E-state index >= 15 is 0 Å². The number of nitrogens with one attached hydrogen (secondary N) is 2. The molecule has 1 aromatic carbocycles. The van der Waals surface area contributed by atoms with Gasteiger partial charge in [-0.25, -0.2) is 24.6 Å². The molecule has 2 aromatic rings. The molecule has 0 saturated heterocycles. The minimum absolute atomic E-state index is 0.00878. The summed E-state index contributed by atoms with van der Waals surface area (Å²) in [6, 6.07) is 3.91. The Kier molecular flexibility index (Phi) is 4.32. The van der Waals surface area contributed by atoms with Crippen molar-refractivity contribution in [3.63, 3.8) is 0 Å². The van der Waals surface area contributed by atoms with Crippen LogP contribution in [0.5, 0.6) is 0 Å². The molecular weight excluding hydrogens is 276 g/mol. The first kappa shape index (κ1) is 15.1. The first-order chi connectivity index (χ1) is 9.93. The SMILES string of the molecule is Cc1c(NN)nc(C(C)C)nc1Nc1cccc(F)c1F. The van der Waals surface area contributed by atoms with Crippen LogP contribution in [0.1, 0.15) is 31.2 Å². The number of hydrogen-bond donors (Lipinski definition) is 3. The van der Waals surface area contributed by atoms with Crippen LogP contribution < -0.4 is 16.6 Å². The molecule has 7 heteroatoms. The number of nitrogens with two attached hydrogens (primary N) is 1. The monoisotopic (exact) mass is 293 g/mol. The third kappa shape index (κ3) is 3.08. The maximum absolute atomic E-state index is 13.7. The Labute approximate surface area is 121 Å². The second-order valence-electron chi connectivity index (χ2n) is 4.93. The summed E-state index contributed by atoms with van der Waals surface area (Å²) in [6.07, 6.45) is 0. The van der Waals surface area contributed by atoms with Crippen molar-refractivity contribution in [2.45, 2.75) is 26.7 Å². The predicted octanol–water partition coefficient (Wildman–Crippen LogP) is 3.22. The molecule has 1 heterocycles. The van der Waals surface area contributed by atoms with Crippen molar-refractivity contribution >= 4 is 17.3 Å². The molecule has 0 unspecified atom stereocenters. The van der Waals surface area contributed by atoms with Crippen LogP contribution in [0.3, 0.4) is 0 Å². The minimum Gasteiger partial charge on any atom is -0.337 e. The van der Waals surface area contributed by atoms with Gasteiger partial charge in [0.05, 0.1) is 5.69 Å². The number of hydrazine groups is 1. The first-order valence-corrected chi connectivity index (χ1v) is 6.50. The lowest BCUT2D eigenvalue weighted by atomic mass is 10.2. The topological polar surface area (TPSA) is 75.9 Å². The maximum Gasteiger partial charge on any atom is 0.182 e. The van der Waals surface area contributed by atoms with Crippen LogP contribution in [0.2, 0.25) is 0 Å². The highest BCUT2D eigenvalue weighted by atomic mass is 19.2. The highest BCUT2D eigenvalue weighted by Crippen LogP contribution is 2.27. The van der Waals surface area contributed by atoms with E-state index in [-0.39, 0.29) is 11.6 Å². The quantitative estimate of drug-likeness (QED) is 0.596. The molecule has 0 aliphatic carbocycles. The highest BCUT2D eigenvalue weighted by Gasteiger charge is 2.15. The van der Waals surface area contributed by atoms with Gasteiger partial charge in [-0.3, -0.25) is 0 Å². The van der Waals surface area contributed by atoms with E-state index in [0.29, 0.717) is 23.0 Å². The van der Waals surface area contributed by atoms with Gasteiger partial charge in [0.15, 0.2) is 11.6 Å². The summed E-state index contributed by atoms with van der Waals surface area (Å²) in [6.45, 7) is 5.59. The second-order valence-corrected chi connectivity index (χ2v) is 4.93. The summed E-state index contributed by atoms with van der Waals surface area (Å²) >= 11 is 0. The third-order valence-corrected chi connectivity index (χ3v) is 3.02. The molecule has 21 heavy (non-hydrogen) atoms. The van der Waals surface area contributed by atoms with Crippen molar-refractivity contribution in [2.24, 2.45) is 5.84 Å². The zero-order chi connectivity index (χ0) is 15.6. The zero-order valence-electron chi connectivity index (χ0n) is 12.0. The number of aromatic nitrogens is 2. The van der Waals surface area contributed by atoms with Crippen LogP contribution in [0.4, 0.5) is 26.1 Å². The molecule has 1 aromatic heterocycles. The normalized spacial score (nSPS) is 10.8. The summed E-state index contributed by atoms with van der Waals surface area (Å²) in [4.78, 5) is 8.62. The number of halogens is 2. The van der Waals surface area contributed by atoms with E-state index in [1.807, 2.05) is 13.8 Å². The Balaban J connectivity index is 2.48. The van der Waals surface area contributed by atoms with Gasteiger partial charge in [0, 0.05) is 11.5 Å². The molecule has 0 fully saturated rings. The molecular formula is C14H17F2N5. The van der Waals surface area contributed by atoms with E-state index in [0.717, 1.165) is 6.07 Å². The number of rotatable bonds is 4.